The first-order chi connectivity index (χ1) is 12.0. The highest BCUT2D eigenvalue weighted by molar-refractivity contribution is 6.32. The second-order valence-electron chi connectivity index (χ2n) is 5.06. The molecule has 8 heteroatoms. The molecule has 0 radical (unpaired) electrons. The summed E-state index contributed by atoms with van der Waals surface area (Å²) in [7, 11) is 3.00. The lowest BCUT2D eigenvalue weighted by Crippen LogP contribution is -2.25. The number of aromatic nitrogens is 2. The van der Waals surface area contributed by atoms with Gasteiger partial charge < -0.3 is 19.7 Å². The molecule has 0 spiro atoms. The predicted molar refractivity (Wildman–Crippen MR) is 98.1 cm³/mol. The van der Waals surface area contributed by atoms with Gasteiger partial charge in [0.2, 0.25) is 5.95 Å². The number of halogens is 1. The molecule has 25 heavy (non-hydrogen) atoms. The van der Waals surface area contributed by atoms with Gasteiger partial charge in [-0.25, -0.2) is 9.97 Å². The maximum absolute atomic E-state index is 12.6. The minimum absolute atomic E-state index is 0.257. The van der Waals surface area contributed by atoms with Gasteiger partial charge in [0.05, 0.1) is 24.9 Å². The van der Waals surface area contributed by atoms with Crippen molar-refractivity contribution in [3.8, 4) is 11.5 Å². The van der Waals surface area contributed by atoms with E-state index in [-0.39, 0.29) is 11.6 Å². The lowest BCUT2D eigenvalue weighted by molar-refractivity contribution is 0.102. The molecular formula is C17H21ClN4O3. The summed E-state index contributed by atoms with van der Waals surface area (Å²) in [5.74, 6) is 0.998. The summed E-state index contributed by atoms with van der Waals surface area (Å²) in [5, 5.41) is 3.16. The van der Waals surface area contributed by atoms with Crippen molar-refractivity contribution >= 4 is 29.1 Å². The Labute approximate surface area is 151 Å². The van der Waals surface area contributed by atoms with E-state index in [9.17, 15) is 4.79 Å². The second kappa shape index (κ2) is 8.53. The van der Waals surface area contributed by atoms with E-state index in [0.717, 1.165) is 13.1 Å². The molecule has 134 valence electrons. The van der Waals surface area contributed by atoms with Crippen molar-refractivity contribution in [3.63, 3.8) is 0 Å². The SMILES string of the molecule is CCN(CC)c1nccc(C(=O)Nc2cc(OC)c(Cl)cc2OC)n1. The van der Waals surface area contributed by atoms with Crippen LogP contribution in [0, 0.1) is 0 Å². The summed E-state index contributed by atoms with van der Waals surface area (Å²) in [5.41, 5.74) is 0.699. The number of anilines is 2. The Morgan fingerprint density at radius 3 is 2.48 bits per heavy atom. The number of methoxy groups -OCH3 is 2. The van der Waals surface area contributed by atoms with Crippen LogP contribution in [0.5, 0.6) is 11.5 Å². The minimum atomic E-state index is -0.376. The predicted octanol–water partition coefficient (Wildman–Crippen LogP) is 3.25. The van der Waals surface area contributed by atoms with Crippen LogP contribution in [0.2, 0.25) is 5.02 Å². The fraction of sp³-hybridized carbons (Fsp3) is 0.353. The molecule has 1 heterocycles. The van der Waals surface area contributed by atoms with Crippen LogP contribution >= 0.6 is 11.6 Å². The number of benzene rings is 1. The van der Waals surface area contributed by atoms with E-state index in [1.54, 1.807) is 24.4 Å². The number of hydrogen-bond donors (Lipinski definition) is 1. The number of ether oxygens (including phenoxy) is 2. The van der Waals surface area contributed by atoms with Crippen molar-refractivity contribution in [2.45, 2.75) is 13.8 Å². The fourth-order valence-corrected chi connectivity index (χ4v) is 2.51. The number of rotatable bonds is 7. The molecule has 0 bridgehead atoms. The second-order valence-corrected chi connectivity index (χ2v) is 5.46. The summed E-state index contributed by atoms with van der Waals surface area (Å²) in [6.07, 6.45) is 1.56. The molecule has 2 aromatic rings. The molecule has 0 saturated carbocycles. The molecule has 1 aromatic carbocycles. The Morgan fingerprint density at radius 1 is 1.20 bits per heavy atom. The third-order valence-electron chi connectivity index (χ3n) is 3.64. The van der Waals surface area contributed by atoms with Crippen molar-refractivity contribution in [1.29, 1.82) is 0 Å². The summed E-state index contributed by atoms with van der Waals surface area (Å²) in [6.45, 7) is 5.52. The Balaban J connectivity index is 2.29. The Kier molecular flexibility index (Phi) is 6.41. The van der Waals surface area contributed by atoms with Crippen LogP contribution in [0.4, 0.5) is 11.6 Å². The molecule has 0 aliphatic heterocycles. The van der Waals surface area contributed by atoms with E-state index in [2.05, 4.69) is 15.3 Å². The van der Waals surface area contributed by atoms with Gasteiger partial charge in [-0.3, -0.25) is 4.79 Å². The van der Waals surface area contributed by atoms with Gasteiger partial charge in [-0.1, -0.05) is 11.6 Å². The van der Waals surface area contributed by atoms with E-state index in [4.69, 9.17) is 21.1 Å². The molecule has 2 rings (SSSR count). The van der Waals surface area contributed by atoms with Gasteiger partial charge in [0, 0.05) is 31.4 Å². The molecule has 0 aliphatic rings. The van der Waals surface area contributed by atoms with Crippen molar-refractivity contribution in [2.24, 2.45) is 0 Å². The van der Waals surface area contributed by atoms with Crippen molar-refractivity contribution in [3.05, 3.63) is 35.1 Å². The molecule has 0 atom stereocenters. The third-order valence-corrected chi connectivity index (χ3v) is 3.94. The number of nitrogens with zero attached hydrogens (tertiary/aromatic N) is 3. The quantitative estimate of drug-likeness (QED) is 0.812. The average Bonchev–Trinajstić information content (AvgIpc) is 2.64. The maximum atomic E-state index is 12.6. The molecule has 0 saturated heterocycles. The zero-order valence-corrected chi connectivity index (χ0v) is 15.4. The molecule has 1 aromatic heterocycles. The number of carbonyl (C=O) groups excluding carboxylic acids is 1. The normalized spacial score (nSPS) is 10.3. The smallest absolute Gasteiger partial charge is 0.274 e. The first-order valence-corrected chi connectivity index (χ1v) is 8.22. The van der Waals surface area contributed by atoms with Gasteiger partial charge >= 0.3 is 0 Å². The molecule has 1 N–H and O–H groups in total. The van der Waals surface area contributed by atoms with Crippen LogP contribution in [0.15, 0.2) is 24.4 Å². The third kappa shape index (κ3) is 4.30. The van der Waals surface area contributed by atoms with Crippen LogP contribution in [0.25, 0.3) is 0 Å². The largest absolute Gasteiger partial charge is 0.495 e. The number of amides is 1. The van der Waals surface area contributed by atoms with Crippen LogP contribution < -0.4 is 19.7 Å². The fourth-order valence-electron chi connectivity index (χ4n) is 2.28. The van der Waals surface area contributed by atoms with E-state index < -0.39 is 0 Å². The summed E-state index contributed by atoms with van der Waals surface area (Å²) in [6, 6.07) is 4.74. The standard InChI is InChI=1S/C17H21ClN4O3/c1-5-22(6-2)17-19-8-7-12(21-17)16(23)20-13-10-14(24-3)11(18)9-15(13)25-4/h7-10H,5-6H2,1-4H3,(H,20,23). The van der Waals surface area contributed by atoms with Crippen LogP contribution in [-0.2, 0) is 0 Å². The molecule has 0 unspecified atom stereocenters. The first kappa shape index (κ1) is 18.8. The molecule has 7 nitrogen and oxygen atoms in total. The van der Waals surface area contributed by atoms with E-state index in [1.807, 2.05) is 18.7 Å². The summed E-state index contributed by atoms with van der Waals surface area (Å²) >= 11 is 6.08. The number of nitrogens with one attached hydrogen (secondary N) is 1. The molecule has 0 aliphatic carbocycles. The van der Waals surface area contributed by atoms with E-state index in [0.29, 0.717) is 28.2 Å². The monoisotopic (exact) mass is 364 g/mol. The van der Waals surface area contributed by atoms with E-state index >= 15 is 0 Å². The van der Waals surface area contributed by atoms with Gasteiger partial charge in [0.25, 0.3) is 5.91 Å². The minimum Gasteiger partial charge on any atom is -0.495 e. The van der Waals surface area contributed by atoms with Crippen molar-refractivity contribution in [2.75, 3.05) is 37.5 Å². The lowest BCUT2D eigenvalue weighted by Gasteiger charge is -2.18. The highest BCUT2D eigenvalue weighted by Gasteiger charge is 2.16. The highest BCUT2D eigenvalue weighted by atomic mass is 35.5. The molecular weight excluding hydrogens is 344 g/mol. The Bertz CT molecular complexity index is 751. The molecule has 0 fully saturated rings. The van der Waals surface area contributed by atoms with Gasteiger partial charge in [-0.2, -0.15) is 0 Å². The topological polar surface area (TPSA) is 76.6 Å². The number of hydrogen-bond acceptors (Lipinski definition) is 6. The lowest BCUT2D eigenvalue weighted by atomic mass is 10.2. The average molecular weight is 365 g/mol. The summed E-state index contributed by atoms with van der Waals surface area (Å²) < 4.78 is 10.4. The maximum Gasteiger partial charge on any atom is 0.274 e. The first-order valence-electron chi connectivity index (χ1n) is 7.84. The summed E-state index contributed by atoms with van der Waals surface area (Å²) in [4.78, 5) is 23.1. The van der Waals surface area contributed by atoms with Crippen molar-refractivity contribution in [1.82, 2.24) is 9.97 Å². The van der Waals surface area contributed by atoms with Gasteiger partial charge in [-0.15, -0.1) is 0 Å². The van der Waals surface area contributed by atoms with Gasteiger partial charge in [-0.05, 0) is 19.9 Å². The number of carbonyl (C=O) groups is 1. The zero-order valence-electron chi connectivity index (χ0n) is 14.7. The molecule has 1 amide bonds. The van der Waals surface area contributed by atoms with E-state index in [1.165, 1.54) is 14.2 Å². The highest BCUT2D eigenvalue weighted by Crippen LogP contribution is 2.36. The van der Waals surface area contributed by atoms with Crippen LogP contribution in [0.1, 0.15) is 24.3 Å². The van der Waals surface area contributed by atoms with Crippen molar-refractivity contribution < 1.29 is 14.3 Å². The van der Waals surface area contributed by atoms with Crippen LogP contribution in [-0.4, -0.2) is 43.2 Å². The Hall–Kier alpha value is -2.54. The van der Waals surface area contributed by atoms with Gasteiger partial charge in [0.15, 0.2) is 0 Å². The van der Waals surface area contributed by atoms with Gasteiger partial charge in [0.1, 0.15) is 17.2 Å². The Morgan fingerprint density at radius 2 is 1.88 bits per heavy atom. The van der Waals surface area contributed by atoms with Crippen LogP contribution in [0.3, 0.4) is 0 Å². The zero-order chi connectivity index (χ0) is 18.4.